The van der Waals surface area contributed by atoms with Crippen LogP contribution in [0.15, 0.2) is 188 Å². The molecule has 0 fully saturated rings. The van der Waals surface area contributed by atoms with Crippen LogP contribution in [0.4, 0.5) is 0 Å². The van der Waals surface area contributed by atoms with Crippen LogP contribution in [0.2, 0.25) is 0 Å². The molecule has 14 aromatic rings. The van der Waals surface area contributed by atoms with Crippen molar-refractivity contribution in [3.63, 3.8) is 0 Å². The van der Waals surface area contributed by atoms with Crippen molar-refractivity contribution in [1.82, 2.24) is 13.5 Å². The molecule has 0 saturated carbocycles. The van der Waals surface area contributed by atoms with Gasteiger partial charge >= 0.3 is 0 Å². The Morgan fingerprint density at radius 2 is 0.882 bits per heavy atom. The molecule has 16 rings (SSSR count). The van der Waals surface area contributed by atoms with Crippen molar-refractivity contribution in [2.75, 3.05) is 0 Å². The molecule has 6 heterocycles. The van der Waals surface area contributed by atoms with E-state index in [1.165, 1.54) is 59.9 Å². The normalized spacial score (nSPS) is 14.5. The van der Waals surface area contributed by atoms with Gasteiger partial charge in [0.05, 0.1) is 40.1 Å². The summed E-state index contributed by atoms with van der Waals surface area (Å²) in [6.07, 6.45) is 0. The molecule has 0 radical (unpaired) electrons. The van der Waals surface area contributed by atoms with Gasteiger partial charge in [-0.05, 0) is 131 Å². The second kappa shape index (κ2) is 14.7. The van der Waals surface area contributed by atoms with E-state index >= 15 is 0 Å². The maximum atomic E-state index is 9.48. The average Bonchev–Trinajstić information content (AvgIpc) is 1.83. The van der Waals surface area contributed by atoms with Crippen molar-refractivity contribution in [3.8, 4) is 22.5 Å². The first-order chi connectivity index (χ1) is 38.7. The van der Waals surface area contributed by atoms with E-state index in [4.69, 9.17) is 4.11 Å². The number of nitrogens with zero attached hydrogens (tertiary/aromatic N) is 3. The minimum atomic E-state index is -0.398. The van der Waals surface area contributed by atoms with Crippen LogP contribution in [0.1, 0.15) is 85.9 Å². The van der Waals surface area contributed by atoms with Gasteiger partial charge in [-0.15, -0.1) is 0 Å². The van der Waals surface area contributed by atoms with E-state index < -0.39 is 6.04 Å². The first kappa shape index (κ1) is 39.1. The number of rotatable bonds is 1. The van der Waals surface area contributed by atoms with Gasteiger partial charge in [0.25, 0.3) is 6.71 Å². The van der Waals surface area contributed by atoms with Crippen LogP contribution in [0, 0.1) is 0 Å². The van der Waals surface area contributed by atoms with Crippen LogP contribution < -0.4 is 16.4 Å². The number of para-hydroxylation sites is 2. The molecule has 4 heteroatoms. The lowest BCUT2D eigenvalue weighted by molar-refractivity contribution is 0.590. The van der Waals surface area contributed by atoms with Crippen LogP contribution in [0.5, 0.6) is 0 Å². The van der Waals surface area contributed by atoms with E-state index in [1.807, 2.05) is 0 Å². The highest BCUT2D eigenvalue weighted by molar-refractivity contribution is 7.00. The SMILES string of the molecule is [2H]c1c([2H])c([2H])c(-c2cc3c4c(c2)c2cc(C(C)(C)C)ccc2n4-c2c4c(cc5c2c2cccc6c7ccccc7c7ccccc7c7ccccc7n5c62)-n2c5ccc(C(C)(C)C)cc5c5cc(C(C)(C)C)cc(c52)B43)c([2H])c1[2H]. The molecule has 2 aliphatic heterocycles. The third-order valence-electron chi connectivity index (χ3n) is 17.5. The summed E-state index contributed by atoms with van der Waals surface area (Å²) < 4.78 is 53.3. The fraction of sp³-hybridized carbons (Fsp3) is 0.167. The molecule has 0 atom stereocenters. The summed E-state index contributed by atoms with van der Waals surface area (Å²) in [6.45, 7) is 20.2. The van der Waals surface area contributed by atoms with Gasteiger partial charge in [-0.1, -0.05) is 202 Å². The summed E-state index contributed by atoms with van der Waals surface area (Å²) in [5.41, 5.74) is 17.4. The summed E-state index contributed by atoms with van der Waals surface area (Å²) in [4.78, 5) is 0. The van der Waals surface area contributed by atoms with Crippen LogP contribution in [-0.2, 0) is 16.2 Å². The van der Waals surface area contributed by atoms with Crippen LogP contribution >= 0.6 is 0 Å². The number of fused-ring (bicyclic) bond motifs is 21. The summed E-state index contributed by atoms with van der Waals surface area (Å²) in [6, 6.07) is 58.0. The van der Waals surface area contributed by atoms with Gasteiger partial charge in [0.1, 0.15) is 0 Å². The predicted octanol–water partition coefficient (Wildman–Crippen LogP) is 17.2. The maximum Gasteiger partial charge on any atom is 0.252 e. The van der Waals surface area contributed by atoms with Gasteiger partial charge in [0.15, 0.2) is 0 Å². The van der Waals surface area contributed by atoms with Gasteiger partial charge < -0.3 is 13.5 Å². The largest absolute Gasteiger partial charge is 0.310 e. The fourth-order valence-electron chi connectivity index (χ4n) is 13.8. The Hall–Kier alpha value is -8.34. The molecular formula is C72H58BN3. The van der Waals surface area contributed by atoms with Crippen molar-refractivity contribution in [3.05, 3.63) is 205 Å². The number of benzene rings is 10. The topological polar surface area (TPSA) is 14.3 Å². The summed E-state index contributed by atoms with van der Waals surface area (Å²) >= 11 is 0. The number of hydrogen-bond acceptors (Lipinski definition) is 0. The lowest BCUT2D eigenvalue weighted by Gasteiger charge is -2.35. The van der Waals surface area contributed by atoms with E-state index in [0.717, 1.165) is 87.8 Å². The predicted molar refractivity (Wildman–Crippen MR) is 329 cm³/mol. The monoisotopic (exact) mass is 981 g/mol. The van der Waals surface area contributed by atoms with E-state index in [0.29, 0.717) is 5.56 Å². The van der Waals surface area contributed by atoms with Gasteiger partial charge in [0, 0.05) is 59.8 Å². The van der Waals surface area contributed by atoms with Gasteiger partial charge in [0.2, 0.25) is 0 Å². The molecule has 364 valence electrons. The first-order valence-corrected chi connectivity index (χ1v) is 27.0. The van der Waals surface area contributed by atoms with E-state index in [2.05, 4.69) is 234 Å². The minimum Gasteiger partial charge on any atom is -0.310 e. The highest BCUT2D eigenvalue weighted by Crippen LogP contribution is 2.48. The first-order valence-electron chi connectivity index (χ1n) is 29.5. The Balaban J connectivity index is 1.22. The number of hydrogen-bond donors (Lipinski definition) is 0. The summed E-state index contributed by atoms with van der Waals surface area (Å²) in [5, 5.41) is 13.8. The third-order valence-corrected chi connectivity index (χ3v) is 17.5. The zero-order valence-electron chi connectivity index (χ0n) is 49.4. The molecule has 0 spiro atoms. The van der Waals surface area contributed by atoms with E-state index in [-0.39, 0.29) is 52.7 Å². The van der Waals surface area contributed by atoms with Gasteiger partial charge in [-0.3, -0.25) is 0 Å². The number of aromatic nitrogens is 3. The molecule has 0 bridgehead atoms. The Bertz CT molecular complexity index is 5280. The van der Waals surface area contributed by atoms with Crippen molar-refractivity contribution in [2.24, 2.45) is 0 Å². The highest BCUT2D eigenvalue weighted by atomic mass is 15.0. The molecule has 0 amide bonds. The molecule has 76 heavy (non-hydrogen) atoms. The second-order valence-electron chi connectivity index (χ2n) is 24.9. The smallest absolute Gasteiger partial charge is 0.252 e. The summed E-state index contributed by atoms with van der Waals surface area (Å²) in [5.74, 6) is 0. The Labute approximate surface area is 450 Å². The molecule has 0 aliphatic carbocycles. The molecular weight excluding hydrogens is 918 g/mol. The van der Waals surface area contributed by atoms with E-state index in [9.17, 15) is 2.74 Å². The maximum absolute atomic E-state index is 9.48. The molecule has 0 unspecified atom stereocenters. The average molecular weight is 981 g/mol. The van der Waals surface area contributed by atoms with Gasteiger partial charge in [-0.2, -0.15) is 0 Å². The lowest BCUT2D eigenvalue weighted by atomic mass is 9.34. The van der Waals surface area contributed by atoms with Gasteiger partial charge in [-0.25, -0.2) is 0 Å². The highest BCUT2D eigenvalue weighted by Gasteiger charge is 2.44. The third kappa shape index (κ3) is 5.74. The standard InChI is InChI=1S/C72H58BN3/c1-70(2,3)43-30-32-60-54(37-43)56-38-45(72(7,8)9)39-58-67(56)75(60)63-40-62-64(52-28-19-27-51-49-25-16-14-23-47(49)46-22-13-15-24-48(46)50-26-17-18-29-59(50)74(62)66(51)52)69-65(63)73(58)57-35-42(41-20-11-10-12-21-41)34-55-53-36-44(71(4,5)6)31-33-61(53)76(69)68(55)57/h10-40H,1-9H3/i10D,11D,12D,20D,21D. The fourth-order valence-corrected chi connectivity index (χ4v) is 13.8. The Morgan fingerprint density at radius 1 is 0.368 bits per heavy atom. The molecule has 10 aromatic carbocycles. The van der Waals surface area contributed by atoms with Crippen LogP contribution in [-0.4, -0.2) is 20.2 Å². The van der Waals surface area contributed by atoms with Crippen molar-refractivity contribution in [2.45, 2.75) is 78.6 Å². The molecule has 4 aromatic heterocycles. The minimum absolute atomic E-state index is 0.101. The quantitative estimate of drug-likeness (QED) is 0.146. The van der Waals surface area contributed by atoms with Crippen molar-refractivity contribution >= 4 is 126 Å². The summed E-state index contributed by atoms with van der Waals surface area (Å²) in [7, 11) is 0. The van der Waals surface area contributed by atoms with Crippen LogP contribution in [0.25, 0.3) is 126 Å². The molecule has 0 N–H and O–H groups in total. The zero-order chi connectivity index (χ0) is 55.8. The second-order valence-corrected chi connectivity index (χ2v) is 24.9. The molecule has 3 nitrogen and oxygen atoms in total. The Morgan fingerprint density at radius 3 is 1.53 bits per heavy atom. The zero-order valence-corrected chi connectivity index (χ0v) is 44.4. The van der Waals surface area contributed by atoms with Crippen molar-refractivity contribution < 1.29 is 6.85 Å². The van der Waals surface area contributed by atoms with E-state index in [1.54, 1.807) is 0 Å². The lowest BCUT2D eigenvalue weighted by Crippen LogP contribution is -2.59. The van der Waals surface area contributed by atoms with Crippen molar-refractivity contribution in [1.29, 1.82) is 0 Å². The molecule has 2 aliphatic rings. The van der Waals surface area contributed by atoms with Crippen LogP contribution in [0.3, 0.4) is 0 Å². The Kier molecular flexibility index (Phi) is 7.59. The molecule has 0 saturated heterocycles.